The highest BCUT2D eigenvalue weighted by Gasteiger charge is 2.21. The lowest BCUT2D eigenvalue weighted by Gasteiger charge is -2.10. The number of hydrogen-bond acceptors (Lipinski definition) is 1. The minimum atomic E-state index is 1.18. The first-order valence-electron chi connectivity index (χ1n) is 14.7. The molecule has 0 saturated carbocycles. The van der Waals surface area contributed by atoms with Crippen LogP contribution in [0.1, 0.15) is 0 Å². The van der Waals surface area contributed by atoms with Gasteiger partial charge in [0.15, 0.2) is 0 Å². The first kappa shape index (κ1) is 23.2. The van der Waals surface area contributed by atoms with Crippen molar-refractivity contribution >= 4 is 85.9 Å². The van der Waals surface area contributed by atoms with Gasteiger partial charge in [0.25, 0.3) is 0 Å². The Balaban J connectivity index is 1.42. The molecule has 0 N–H and O–H groups in total. The molecule has 0 bridgehead atoms. The molecule has 200 valence electrons. The van der Waals surface area contributed by atoms with Gasteiger partial charge in [-0.25, -0.2) is 0 Å². The van der Waals surface area contributed by atoms with Crippen LogP contribution in [0.2, 0.25) is 0 Å². The molecule has 0 radical (unpaired) electrons. The largest absolute Gasteiger partial charge is 0.309 e. The Morgan fingerprint density at radius 2 is 1.07 bits per heavy atom. The average molecular weight is 565 g/mol. The predicted molar refractivity (Wildman–Crippen MR) is 186 cm³/mol. The van der Waals surface area contributed by atoms with Gasteiger partial charge in [0.05, 0.1) is 22.1 Å². The molecule has 7 aromatic carbocycles. The van der Waals surface area contributed by atoms with Crippen LogP contribution in [0.15, 0.2) is 146 Å². The first-order chi connectivity index (χ1) is 21.3. The normalized spacial score (nSPS) is 12.2. The maximum Gasteiger partial charge on any atom is 0.0641 e. The molecule has 3 aromatic heterocycles. The molecule has 0 unspecified atom stereocenters. The third kappa shape index (κ3) is 3.17. The summed E-state index contributed by atoms with van der Waals surface area (Å²) in [4.78, 5) is 0. The van der Waals surface area contributed by atoms with E-state index >= 15 is 0 Å². The molecule has 3 heterocycles. The lowest BCUT2D eigenvalue weighted by molar-refractivity contribution is 1.18. The van der Waals surface area contributed by atoms with E-state index in [9.17, 15) is 0 Å². The highest BCUT2D eigenvalue weighted by atomic mass is 32.1. The minimum absolute atomic E-state index is 1.18. The Bertz CT molecular complexity index is 2720. The molecule has 0 spiro atoms. The molecule has 0 fully saturated rings. The van der Waals surface area contributed by atoms with Crippen molar-refractivity contribution in [3.63, 3.8) is 0 Å². The van der Waals surface area contributed by atoms with Gasteiger partial charge in [-0.1, -0.05) is 91.0 Å². The molecule has 0 aliphatic carbocycles. The molecule has 2 nitrogen and oxygen atoms in total. The number of benzene rings is 7. The summed E-state index contributed by atoms with van der Waals surface area (Å²) in [7, 11) is 0. The third-order valence-corrected chi connectivity index (χ3v) is 10.2. The zero-order valence-electron chi connectivity index (χ0n) is 23.2. The fourth-order valence-corrected chi connectivity index (χ4v) is 8.36. The van der Waals surface area contributed by atoms with Gasteiger partial charge < -0.3 is 9.13 Å². The van der Waals surface area contributed by atoms with E-state index in [0.29, 0.717) is 0 Å². The topological polar surface area (TPSA) is 9.86 Å². The fraction of sp³-hybridized carbons (Fsp3) is 0. The van der Waals surface area contributed by atoms with Gasteiger partial charge in [-0.2, -0.15) is 0 Å². The highest BCUT2D eigenvalue weighted by molar-refractivity contribution is 7.25. The molecular weight excluding hydrogens is 541 g/mol. The molecule has 10 rings (SSSR count). The molecule has 0 saturated heterocycles. The summed E-state index contributed by atoms with van der Waals surface area (Å²) in [5.74, 6) is 0. The van der Waals surface area contributed by atoms with Crippen LogP contribution in [0.5, 0.6) is 0 Å². The number of rotatable bonds is 2. The quantitative estimate of drug-likeness (QED) is 0.198. The van der Waals surface area contributed by atoms with Gasteiger partial charge in [-0.15, -0.1) is 11.3 Å². The number of hydrogen-bond donors (Lipinski definition) is 0. The van der Waals surface area contributed by atoms with Crippen LogP contribution in [-0.4, -0.2) is 9.13 Å². The van der Waals surface area contributed by atoms with Gasteiger partial charge in [0.2, 0.25) is 0 Å². The number of para-hydroxylation sites is 2. The van der Waals surface area contributed by atoms with E-state index in [1.54, 1.807) is 0 Å². The maximum atomic E-state index is 2.48. The number of nitrogens with zero attached hydrogens (tertiary/aromatic N) is 2. The number of fused-ring (bicyclic) bond motifs is 11. The van der Waals surface area contributed by atoms with E-state index in [4.69, 9.17) is 0 Å². The summed E-state index contributed by atoms with van der Waals surface area (Å²) in [6.45, 7) is 0. The van der Waals surface area contributed by atoms with Crippen LogP contribution in [0.3, 0.4) is 0 Å². The van der Waals surface area contributed by atoms with Crippen LogP contribution in [0, 0.1) is 0 Å². The van der Waals surface area contributed by atoms with E-state index in [0.717, 1.165) is 0 Å². The fourth-order valence-electron chi connectivity index (χ4n) is 7.22. The van der Waals surface area contributed by atoms with Gasteiger partial charge in [-0.05, 0) is 65.4 Å². The van der Waals surface area contributed by atoms with Gasteiger partial charge in [0.1, 0.15) is 0 Å². The summed E-state index contributed by atoms with van der Waals surface area (Å²) in [6, 6.07) is 53.5. The summed E-state index contributed by atoms with van der Waals surface area (Å²) in [6.07, 6.45) is 0. The van der Waals surface area contributed by atoms with E-state index in [-0.39, 0.29) is 0 Å². The van der Waals surface area contributed by atoms with Crippen LogP contribution in [0.25, 0.3) is 85.9 Å². The Labute approximate surface area is 251 Å². The monoisotopic (exact) mass is 564 g/mol. The van der Waals surface area contributed by atoms with E-state index in [1.165, 1.54) is 85.9 Å². The number of thiophene rings is 1. The average Bonchev–Trinajstić information content (AvgIpc) is 3.71. The van der Waals surface area contributed by atoms with Crippen LogP contribution in [0.4, 0.5) is 0 Å². The zero-order valence-corrected chi connectivity index (χ0v) is 24.0. The summed E-state index contributed by atoms with van der Waals surface area (Å²) < 4.78 is 7.58. The molecule has 10 aromatic rings. The van der Waals surface area contributed by atoms with Crippen molar-refractivity contribution in [2.24, 2.45) is 0 Å². The molecular formula is C40H24N2S. The van der Waals surface area contributed by atoms with Crippen molar-refractivity contribution in [2.45, 2.75) is 0 Å². The highest BCUT2D eigenvalue weighted by Crippen LogP contribution is 2.44. The van der Waals surface area contributed by atoms with Gasteiger partial charge in [0, 0.05) is 53.1 Å². The van der Waals surface area contributed by atoms with E-state index < -0.39 is 0 Å². The second-order valence-corrected chi connectivity index (χ2v) is 12.5. The molecule has 43 heavy (non-hydrogen) atoms. The summed E-state index contributed by atoms with van der Waals surface area (Å²) in [5.41, 5.74) is 7.30. The Hall–Kier alpha value is -5.38. The van der Waals surface area contributed by atoms with Crippen molar-refractivity contribution in [1.29, 1.82) is 0 Å². The third-order valence-electron chi connectivity index (χ3n) is 9.06. The SMILES string of the molecule is c1ccc(-n2c3ccccc3c3ccc4c(c5cc6ccccc6cc5n4-c4ccc5c(c4)sc4ccccc45)c32)cc1. The predicted octanol–water partition coefficient (Wildman–Crippen LogP) is 11.4. The van der Waals surface area contributed by atoms with Crippen molar-refractivity contribution in [1.82, 2.24) is 9.13 Å². The Morgan fingerprint density at radius 3 is 1.95 bits per heavy atom. The Morgan fingerprint density at radius 1 is 0.372 bits per heavy atom. The van der Waals surface area contributed by atoms with Crippen molar-refractivity contribution in [3.05, 3.63) is 146 Å². The smallest absolute Gasteiger partial charge is 0.0641 e. The molecule has 0 aliphatic heterocycles. The second-order valence-electron chi connectivity index (χ2n) is 11.4. The van der Waals surface area contributed by atoms with Crippen LogP contribution >= 0.6 is 11.3 Å². The molecule has 3 heteroatoms. The lowest BCUT2D eigenvalue weighted by Crippen LogP contribution is -1.95. The van der Waals surface area contributed by atoms with Crippen LogP contribution in [-0.2, 0) is 0 Å². The zero-order chi connectivity index (χ0) is 28.1. The molecule has 0 atom stereocenters. The van der Waals surface area contributed by atoms with E-state index in [2.05, 4.69) is 155 Å². The van der Waals surface area contributed by atoms with Crippen LogP contribution < -0.4 is 0 Å². The van der Waals surface area contributed by atoms with Crippen molar-refractivity contribution < 1.29 is 0 Å². The van der Waals surface area contributed by atoms with Gasteiger partial charge in [-0.3, -0.25) is 0 Å². The van der Waals surface area contributed by atoms with Crippen molar-refractivity contribution in [3.8, 4) is 11.4 Å². The molecule has 0 aliphatic rings. The second kappa shape index (κ2) is 8.57. The minimum Gasteiger partial charge on any atom is -0.309 e. The standard InChI is InChI=1S/C40H24N2S/c1-2-12-27(13-3-1)42-34-16-8-6-14-29(34)32-20-21-35-39(40(32)42)33-22-25-10-4-5-11-26(25)23-36(33)41(35)28-18-19-31-30-15-7-9-17-37(30)43-38(31)24-28/h1-24H. The maximum absolute atomic E-state index is 2.48. The summed E-state index contributed by atoms with van der Waals surface area (Å²) in [5, 5.41) is 10.3. The lowest BCUT2D eigenvalue weighted by atomic mass is 10.0. The first-order valence-corrected chi connectivity index (χ1v) is 15.5. The Kier molecular flexibility index (Phi) is 4.63. The van der Waals surface area contributed by atoms with Crippen molar-refractivity contribution in [2.75, 3.05) is 0 Å². The van der Waals surface area contributed by atoms with E-state index in [1.807, 2.05) is 11.3 Å². The van der Waals surface area contributed by atoms with Gasteiger partial charge >= 0.3 is 0 Å². The summed E-state index contributed by atoms with van der Waals surface area (Å²) >= 11 is 1.87. The molecule has 0 amide bonds. The number of aromatic nitrogens is 2.